The van der Waals surface area contributed by atoms with Gasteiger partial charge in [-0.3, -0.25) is 4.79 Å². The Balaban J connectivity index is 3.73. The Morgan fingerprint density at radius 1 is 1.29 bits per heavy atom. The van der Waals surface area contributed by atoms with E-state index in [-0.39, 0.29) is 12.0 Å². The van der Waals surface area contributed by atoms with Crippen LogP contribution in [0.2, 0.25) is 0 Å². The molecule has 0 aromatic heterocycles. The number of rotatable bonds is 8. The molecule has 2 atom stereocenters. The molecule has 0 saturated carbocycles. The third-order valence-electron chi connectivity index (χ3n) is 2.66. The Morgan fingerprint density at radius 3 is 2.36 bits per heavy atom. The van der Waals surface area contributed by atoms with Crippen LogP contribution in [-0.4, -0.2) is 11.8 Å². The van der Waals surface area contributed by atoms with Gasteiger partial charge in [-0.05, 0) is 32.6 Å². The summed E-state index contributed by atoms with van der Waals surface area (Å²) in [5.74, 6) is 0.730. The van der Waals surface area contributed by atoms with E-state index in [0.29, 0.717) is 5.78 Å². The van der Waals surface area contributed by atoms with E-state index in [1.807, 2.05) is 6.92 Å². The molecule has 0 aromatic carbocycles. The normalized spacial score (nSPS) is 15.1. The monoisotopic (exact) mass is 199 g/mol. The van der Waals surface area contributed by atoms with Gasteiger partial charge in [0.05, 0.1) is 0 Å². The largest absolute Gasteiger partial charge is 0.328 e. The molecular formula is C12H25NO. The van der Waals surface area contributed by atoms with Crippen LogP contribution >= 0.6 is 0 Å². The summed E-state index contributed by atoms with van der Waals surface area (Å²) in [6.07, 6.45) is 5.86. The number of carbonyl (C=O) groups is 1. The number of hydrogen-bond acceptors (Lipinski definition) is 2. The van der Waals surface area contributed by atoms with Crippen molar-refractivity contribution in [3.63, 3.8) is 0 Å². The zero-order valence-corrected chi connectivity index (χ0v) is 9.88. The molecule has 0 radical (unpaired) electrons. The third-order valence-corrected chi connectivity index (χ3v) is 2.66. The van der Waals surface area contributed by atoms with Gasteiger partial charge in [-0.15, -0.1) is 0 Å². The summed E-state index contributed by atoms with van der Waals surface area (Å²) in [7, 11) is 0. The highest BCUT2D eigenvalue weighted by Crippen LogP contribution is 2.16. The Kier molecular flexibility index (Phi) is 7.77. The second-order valence-electron chi connectivity index (χ2n) is 4.23. The lowest BCUT2D eigenvalue weighted by Gasteiger charge is -2.13. The van der Waals surface area contributed by atoms with Crippen LogP contribution in [0.5, 0.6) is 0 Å². The van der Waals surface area contributed by atoms with Crippen LogP contribution in [0.25, 0.3) is 0 Å². The average Bonchev–Trinajstić information content (AvgIpc) is 2.12. The molecular weight excluding hydrogens is 174 g/mol. The lowest BCUT2D eigenvalue weighted by molar-refractivity contribution is -0.123. The van der Waals surface area contributed by atoms with Crippen molar-refractivity contribution in [2.24, 2.45) is 11.7 Å². The minimum absolute atomic E-state index is 0.272. The Hall–Kier alpha value is -0.370. The van der Waals surface area contributed by atoms with Gasteiger partial charge in [0.15, 0.2) is 0 Å². The van der Waals surface area contributed by atoms with Crippen LogP contribution in [-0.2, 0) is 4.79 Å². The molecule has 0 aliphatic rings. The van der Waals surface area contributed by atoms with Crippen molar-refractivity contribution in [3.8, 4) is 0 Å². The van der Waals surface area contributed by atoms with Crippen molar-refractivity contribution in [1.29, 1.82) is 0 Å². The molecule has 0 amide bonds. The molecule has 2 heteroatoms. The summed E-state index contributed by atoms with van der Waals surface area (Å²) in [6, 6.07) is 0.272. The average molecular weight is 199 g/mol. The number of hydrogen-bond donors (Lipinski definition) is 1. The van der Waals surface area contributed by atoms with E-state index in [1.165, 1.54) is 0 Å². The third kappa shape index (κ3) is 6.14. The highest BCUT2D eigenvalue weighted by molar-refractivity contribution is 5.80. The summed E-state index contributed by atoms with van der Waals surface area (Å²) in [5, 5.41) is 0. The van der Waals surface area contributed by atoms with Gasteiger partial charge in [0, 0.05) is 18.4 Å². The lowest BCUT2D eigenvalue weighted by atomic mass is 9.92. The van der Waals surface area contributed by atoms with Gasteiger partial charge in [0.2, 0.25) is 0 Å². The van der Waals surface area contributed by atoms with Crippen LogP contribution in [0, 0.1) is 5.92 Å². The first kappa shape index (κ1) is 13.6. The fourth-order valence-corrected chi connectivity index (χ4v) is 1.73. The maximum absolute atomic E-state index is 11.6. The van der Waals surface area contributed by atoms with Gasteiger partial charge in [-0.25, -0.2) is 0 Å². The molecule has 0 spiro atoms. The molecule has 84 valence electrons. The second kappa shape index (κ2) is 7.98. The quantitative estimate of drug-likeness (QED) is 0.653. The topological polar surface area (TPSA) is 43.1 Å². The van der Waals surface area contributed by atoms with Crippen molar-refractivity contribution < 1.29 is 4.79 Å². The highest BCUT2D eigenvalue weighted by atomic mass is 16.1. The molecule has 0 fully saturated rings. The van der Waals surface area contributed by atoms with Crippen molar-refractivity contribution in [2.75, 3.05) is 0 Å². The Bertz CT molecular complexity index is 154. The van der Waals surface area contributed by atoms with E-state index in [9.17, 15) is 4.79 Å². The van der Waals surface area contributed by atoms with Gasteiger partial charge < -0.3 is 5.73 Å². The summed E-state index contributed by atoms with van der Waals surface area (Å²) in [4.78, 5) is 11.6. The van der Waals surface area contributed by atoms with Crippen LogP contribution in [0.15, 0.2) is 0 Å². The van der Waals surface area contributed by atoms with Crippen LogP contribution in [0.3, 0.4) is 0 Å². The second-order valence-corrected chi connectivity index (χ2v) is 4.23. The summed E-state index contributed by atoms with van der Waals surface area (Å²) >= 11 is 0. The molecule has 0 heterocycles. The SMILES string of the molecule is CCCC(=O)C(CC)CCCC(C)N. The molecule has 0 aliphatic carbocycles. The number of Topliss-reactive ketones (excluding diaryl/α,β-unsaturated/α-hetero) is 1. The predicted octanol–water partition coefficient (Wildman–Crippen LogP) is 2.90. The van der Waals surface area contributed by atoms with E-state index in [0.717, 1.165) is 38.5 Å². The van der Waals surface area contributed by atoms with E-state index in [2.05, 4.69) is 13.8 Å². The first-order valence-electron chi connectivity index (χ1n) is 5.90. The first-order chi connectivity index (χ1) is 6.61. The van der Waals surface area contributed by atoms with Crippen molar-refractivity contribution in [1.82, 2.24) is 0 Å². The van der Waals surface area contributed by atoms with E-state index in [1.54, 1.807) is 0 Å². The van der Waals surface area contributed by atoms with Crippen molar-refractivity contribution in [3.05, 3.63) is 0 Å². The fourth-order valence-electron chi connectivity index (χ4n) is 1.73. The van der Waals surface area contributed by atoms with E-state index in [4.69, 9.17) is 5.73 Å². The minimum Gasteiger partial charge on any atom is -0.328 e. The molecule has 0 bridgehead atoms. The molecule has 0 aliphatic heterocycles. The summed E-state index contributed by atoms with van der Waals surface area (Å²) in [5.41, 5.74) is 5.67. The molecule has 2 N–H and O–H groups in total. The molecule has 2 unspecified atom stereocenters. The molecule has 14 heavy (non-hydrogen) atoms. The molecule has 0 rings (SSSR count). The maximum Gasteiger partial charge on any atom is 0.135 e. The van der Waals surface area contributed by atoms with Gasteiger partial charge in [-0.2, -0.15) is 0 Å². The van der Waals surface area contributed by atoms with Crippen LogP contribution in [0.1, 0.15) is 59.3 Å². The standard InChI is InChI=1S/C12H25NO/c1-4-7-12(14)11(5-2)9-6-8-10(3)13/h10-11H,4-9,13H2,1-3H3. The minimum atomic E-state index is 0.272. The summed E-state index contributed by atoms with van der Waals surface area (Å²) in [6.45, 7) is 6.19. The van der Waals surface area contributed by atoms with Gasteiger partial charge in [0.25, 0.3) is 0 Å². The van der Waals surface area contributed by atoms with E-state index >= 15 is 0 Å². The Labute approximate surface area is 88.3 Å². The number of nitrogens with two attached hydrogens (primary N) is 1. The van der Waals surface area contributed by atoms with Gasteiger partial charge >= 0.3 is 0 Å². The predicted molar refractivity (Wildman–Crippen MR) is 61.2 cm³/mol. The van der Waals surface area contributed by atoms with Crippen molar-refractivity contribution >= 4 is 5.78 Å². The van der Waals surface area contributed by atoms with Gasteiger partial charge in [-0.1, -0.05) is 20.3 Å². The van der Waals surface area contributed by atoms with Crippen LogP contribution < -0.4 is 5.73 Å². The summed E-state index contributed by atoms with van der Waals surface area (Å²) < 4.78 is 0. The molecule has 2 nitrogen and oxygen atoms in total. The first-order valence-corrected chi connectivity index (χ1v) is 5.90. The highest BCUT2D eigenvalue weighted by Gasteiger charge is 2.14. The zero-order valence-electron chi connectivity index (χ0n) is 9.88. The van der Waals surface area contributed by atoms with E-state index < -0.39 is 0 Å². The smallest absolute Gasteiger partial charge is 0.135 e. The Morgan fingerprint density at radius 2 is 1.93 bits per heavy atom. The fraction of sp³-hybridized carbons (Fsp3) is 0.917. The van der Waals surface area contributed by atoms with Crippen LogP contribution in [0.4, 0.5) is 0 Å². The lowest BCUT2D eigenvalue weighted by Crippen LogP contribution is -2.17. The molecule has 0 saturated heterocycles. The van der Waals surface area contributed by atoms with Crippen molar-refractivity contribution in [2.45, 2.75) is 65.3 Å². The maximum atomic E-state index is 11.6. The number of ketones is 1. The van der Waals surface area contributed by atoms with Gasteiger partial charge in [0.1, 0.15) is 5.78 Å². The zero-order chi connectivity index (χ0) is 11.0. The molecule has 0 aromatic rings. The number of carbonyl (C=O) groups excluding carboxylic acids is 1.